The summed E-state index contributed by atoms with van der Waals surface area (Å²) in [6.45, 7) is 5.73. The zero-order chi connectivity index (χ0) is 22.3. The molecule has 7 nitrogen and oxygen atoms in total. The van der Waals surface area contributed by atoms with Gasteiger partial charge in [-0.3, -0.25) is 4.79 Å². The molecule has 0 saturated heterocycles. The molecule has 1 amide bonds. The van der Waals surface area contributed by atoms with Gasteiger partial charge in [0.1, 0.15) is 6.04 Å². The van der Waals surface area contributed by atoms with Crippen LogP contribution in [0, 0.1) is 12.8 Å². The first-order valence-electron chi connectivity index (χ1n) is 9.78. The van der Waals surface area contributed by atoms with E-state index in [0.717, 1.165) is 16.8 Å². The van der Waals surface area contributed by atoms with Crippen LogP contribution in [-0.2, 0) is 14.8 Å². The van der Waals surface area contributed by atoms with E-state index >= 15 is 0 Å². The van der Waals surface area contributed by atoms with Crippen molar-refractivity contribution >= 4 is 27.8 Å². The van der Waals surface area contributed by atoms with Crippen LogP contribution in [0.5, 0.6) is 0 Å². The van der Waals surface area contributed by atoms with E-state index in [1.165, 1.54) is 18.3 Å². The van der Waals surface area contributed by atoms with Crippen molar-refractivity contribution in [2.24, 2.45) is 11.0 Å². The highest BCUT2D eigenvalue weighted by Gasteiger charge is 2.26. The summed E-state index contributed by atoms with van der Waals surface area (Å²) in [5.41, 5.74) is 5.28. The smallest absolute Gasteiger partial charge is 0.258 e. The van der Waals surface area contributed by atoms with Gasteiger partial charge >= 0.3 is 0 Å². The predicted octanol–water partition coefficient (Wildman–Crippen LogP) is 2.90. The molecule has 0 aliphatic heterocycles. The molecule has 2 aromatic carbocycles. The van der Waals surface area contributed by atoms with Crippen LogP contribution in [0.4, 0.5) is 5.69 Å². The number of amides is 1. The SMILES string of the molecule is Cc1ccc(S(=O)(=O)N[C@H](CC(C)C)C(=O)N/N=C\c2ccc(N(C)C)cc2)cc1. The fourth-order valence-corrected chi connectivity index (χ4v) is 3.97. The monoisotopic (exact) mass is 430 g/mol. The summed E-state index contributed by atoms with van der Waals surface area (Å²) in [6.07, 6.45) is 1.88. The van der Waals surface area contributed by atoms with Gasteiger partial charge in [-0.1, -0.05) is 43.7 Å². The van der Waals surface area contributed by atoms with Gasteiger partial charge in [-0.15, -0.1) is 0 Å². The molecule has 0 fully saturated rings. The number of hydrogen-bond donors (Lipinski definition) is 2. The summed E-state index contributed by atoms with van der Waals surface area (Å²) in [5, 5.41) is 3.99. The molecule has 0 unspecified atom stereocenters. The second-order valence-electron chi connectivity index (χ2n) is 7.84. The summed E-state index contributed by atoms with van der Waals surface area (Å²) in [5.74, 6) is -0.385. The van der Waals surface area contributed by atoms with E-state index in [1.807, 2.05) is 64.0 Å². The van der Waals surface area contributed by atoms with Crippen LogP contribution >= 0.6 is 0 Å². The number of sulfonamides is 1. The Balaban J connectivity index is 2.08. The second-order valence-corrected chi connectivity index (χ2v) is 9.55. The molecule has 0 aromatic heterocycles. The van der Waals surface area contributed by atoms with Gasteiger partial charge in [-0.05, 0) is 49.1 Å². The molecule has 0 radical (unpaired) electrons. The molecule has 8 heteroatoms. The van der Waals surface area contributed by atoms with Crippen molar-refractivity contribution in [1.82, 2.24) is 10.1 Å². The van der Waals surface area contributed by atoms with Crippen LogP contribution in [0.2, 0.25) is 0 Å². The second kappa shape index (κ2) is 10.4. The maximum Gasteiger partial charge on any atom is 0.258 e. The van der Waals surface area contributed by atoms with E-state index in [4.69, 9.17) is 0 Å². The van der Waals surface area contributed by atoms with Crippen LogP contribution in [-0.4, -0.2) is 40.7 Å². The van der Waals surface area contributed by atoms with E-state index in [2.05, 4.69) is 15.2 Å². The van der Waals surface area contributed by atoms with Gasteiger partial charge in [-0.2, -0.15) is 9.82 Å². The normalized spacial score (nSPS) is 12.9. The van der Waals surface area contributed by atoms with E-state index in [9.17, 15) is 13.2 Å². The number of nitrogens with one attached hydrogen (secondary N) is 2. The minimum Gasteiger partial charge on any atom is -0.378 e. The third-order valence-electron chi connectivity index (χ3n) is 4.45. The average molecular weight is 431 g/mol. The van der Waals surface area contributed by atoms with Crippen LogP contribution < -0.4 is 15.0 Å². The van der Waals surface area contributed by atoms with Crippen LogP contribution in [0.3, 0.4) is 0 Å². The molecule has 0 bridgehead atoms. The Bertz CT molecular complexity index is 966. The molecule has 0 aliphatic rings. The lowest BCUT2D eigenvalue weighted by atomic mass is 10.0. The Morgan fingerprint density at radius 1 is 1.07 bits per heavy atom. The number of aryl methyl sites for hydroxylation is 1. The lowest BCUT2D eigenvalue weighted by molar-refractivity contribution is -0.123. The molecule has 0 spiro atoms. The van der Waals surface area contributed by atoms with Gasteiger partial charge < -0.3 is 4.90 Å². The van der Waals surface area contributed by atoms with Gasteiger partial charge in [0, 0.05) is 19.8 Å². The van der Waals surface area contributed by atoms with Crippen molar-refractivity contribution in [3.8, 4) is 0 Å². The van der Waals surface area contributed by atoms with Gasteiger partial charge in [0.05, 0.1) is 11.1 Å². The number of rotatable bonds is 9. The molecule has 2 rings (SSSR count). The van der Waals surface area contributed by atoms with E-state index < -0.39 is 22.0 Å². The predicted molar refractivity (Wildman–Crippen MR) is 121 cm³/mol. The first-order chi connectivity index (χ1) is 14.1. The van der Waals surface area contributed by atoms with Gasteiger partial charge in [0.25, 0.3) is 5.91 Å². The highest BCUT2D eigenvalue weighted by molar-refractivity contribution is 7.89. The molecule has 30 heavy (non-hydrogen) atoms. The van der Waals surface area contributed by atoms with Crippen molar-refractivity contribution in [2.45, 2.75) is 38.1 Å². The van der Waals surface area contributed by atoms with E-state index in [-0.39, 0.29) is 10.8 Å². The molecule has 0 heterocycles. The standard InChI is InChI=1S/C22H30N4O3S/c1-16(2)14-21(25-30(28,29)20-12-6-17(3)7-13-20)22(27)24-23-15-18-8-10-19(11-9-18)26(4)5/h6-13,15-16,21,25H,14H2,1-5H3,(H,24,27)/b23-15-/t21-/m1/s1. The highest BCUT2D eigenvalue weighted by atomic mass is 32.2. The lowest BCUT2D eigenvalue weighted by Crippen LogP contribution is -2.46. The Labute approximate surface area is 179 Å². The molecular weight excluding hydrogens is 400 g/mol. The first-order valence-corrected chi connectivity index (χ1v) is 11.3. The van der Waals surface area contributed by atoms with E-state index in [0.29, 0.717) is 6.42 Å². The topological polar surface area (TPSA) is 90.9 Å². The van der Waals surface area contributed by atoms with Gasteiger partial charge in [0.15, 0.2) is 0 Å². The Kier molecular flexibility index (Phi) is 8.14. The van der Waals surface area contributed by atoms with Crippen LogP contribution in [0.25, 0.3) is 0 Å². The fraction of sp³-hybridized carbons (Fsp3) is 0.364. The minimum absolute atomic E-state index is 0.115. The molecule has 1 atom stereocenters. The molecule has 0 saturated carbocycles. The number of hydrazone groups is 1. The summed E-state index contributed by atoms with van der Waals surface area (Å²) in [4.78, 5) is 14.7. The third-order valence-corrected chi connectivity index (χ3v) is 5.94. The molecular formula is C22H30N4O3S. The number of hydrogen-bond acceptors (Lipinski definition) is 5. The summed E-state index contributed by atoms with van der Waals surface area (Å²) in [6, 6.07) is 13.2. The van der Waals surface area contributed by atoms with Crippen molar-refractivity contribution in [3.05, 3.63) is 59.7 Å². The van der Waals surface area contributed by atoms with Crippen molar-refractivity contribution in [2.75, 3.05) is 19.0 Å². The Morgan fingerprint density at radius 2 is 1.67 bits per heavy atom. The zero-order valence-electron chi connectivity index (χ0n) is 18.1. The first kappa shape index (κ1) is 23.6. The minimum atomic E-state index is -3.82. The van der Waals surface area contributed by atoms with Crippen molar-refractivity contribution < 1.29 is 13.2 Å². The summed E-state index contributed by atoms with van der Waals surface area (Å²) < 4.78 is 27.9. The van der Waals surface area contributed by atoms with Crippen molar-refractivity contribution in [3.63, 3.8) is 0 Å². The number of benzene rings is 2. The van der Waals surface area contributed by atoms with Gasteiger partial charge in [0.2, 0.25) is 10.0 Å². The molecule has 2 aromatic rings. The van der Waals surface area contributed by atoms with E-state index in [1.54, 1.807) is 12.1 Å². The maximum absolute atomic E-state index is 12.7. The lowest BCUT2D eigenvalue weighted by Gasteiger charge is -2.19. The average Bonchev–Trinajstić information content (AvgIpc) is 2.67. The summed E-state index contributed by atoms with van der Waals surface area (Å²) >= 11 is 0. The molecule has 162 valence electrons. The largest absolute Gasteiger partial charge is 0.378 e. The number of nitrogens with zero attached hydrogens (tertiary/aromatic N) is 2. The molecule has 2 N–H and O–H groups in total. The quantitative estimate of drug-likeness (QED) is 0.473. The Hall–Kier alpha value is -2.71. The maximum atomic E-state index is 12.7. The van der Waals surface area contributed by atoms with Crippen molar-refractivity contribution in [1.29, 1.82) is 0 Å². The Morgan fingerprint density at radius 3 is 2.20 bits per heavy atom. The number of anilines is 1. The van der Waals surface area contributed by atoms with Crippen LogP contribution in [0.1, 0.15) is 31.4 Å². The molecule has 0 aliphatic carbocycles. The summed E-state index contributed by atoms with van der Waals surface area (Å²) in [7, 11) is 0.0840. The zero-order valence-corrected chi connectivity index (χ0v) is 18.9. The van der Waals surface area contributed by atoms with Gasteiger partial charge in [-0.25, -0.2) is 13.8 Å². The highest BCUT2D eigenvalue weighted by Crippen LogP contribution is 2.14. The number of carbonyl (C=O) groups excluding carboxylic acids is 1. The van der Waals surface area contributed by atoms with Crippen LogP contribution in [0.15, 0.2) is 58.5 Å². The number of carbonyl (C=O) groups is 1. The third kappa shape index (κ3) is 6.96. The fourth-order valence-electron chi connectivity index (χ4n) is 2.76.